The number of aliphatic carboxylic acids is 1. The van der Waals surface area contributed by atoms with Gasteiger partial charge in [0.1, 0.15) is 6.04 Å². The van der Waals surface area contributed by atoms with Gasteiger partial charge in [0.25, 0.3) is 0 Å². The molecule has 1 aliphatic heterocycles. The second kappa shape index (κ2) is 5.30. The first kappa shape index (κ1) is 14.9. The van der Waals surface area contributed by atoms with Crippen molar-refractivity contribution in [1.82, 2.24) is 4.31 Å². The van der Waals surface area contributed by atoms with Crippen molar-refractivity contribution in [3.8, 4) is 0 Å². The molecule has 21 heavy (non-hydrogen) atoms. The molecule has 0 radical (unpaired) electrons. The molecule has 2 aliphatic rings. The molecule has 0 spiro atoms. The van der Waals surface area contributed by atoms with E-state index in [0.29, 0.717) is 11.3 Å². The van der Waals surface area contributed by atoms with Crippen LogP contribution in [0.25, 0.3) is 0 Å². The van der Waals surface area contributed by atoms with Crippen molar-refractivity contribution in [2.24, 2.45) is 5.92 Å². The normalized spacial score (nSPS) is 26.9. The van der Waals surface area contributed by atoms with Crippen LogP contribution in [0.1, 0.15) is 18.4 Å². The first-order valence-electron chi connectivity index (χ1n) is 6.86. The van der Waals surface area contributed by atoms with E-state index in [0.717, 1.165) is 12.8 Å². The lowest BCUT2D eigenvalue weighted by atomic mass is 10.2. The minimum Gasteiger partial charge on any atom is -0.480 e. The van der Waals surface area contributed by atoms with E-state index in [1.807, 2.05) is 0 Å². The number of hydrogen-bond acceptors (Lipinski definition) is 4. The third-order valence-corrected chi connectivity index (χ3v) is 7.59. The summed E-state index contributed by atoms with van der Waals surface area (Å²) >= 11 is 1.45. The number of rotatable bonds is 4. The number of carboxylic acids is 1. The lowest BCUT2D eigenvalue weighted by molar-refractivity contribution is -0.140. The average Bonchev–Trinajstić information content (AvgIpc) is 3.16. The molecule has 0 amide bonds. The molecular formula is C14H17NO4S2. The molecule has 1 aromatic carbocycles. The lowest BCUT2D eigenvalue weighted by Gasteiger charge is -2.27. The second-order valence-corrected chi connectivity index (χ2v) is 8.48. The minimum absolute atomic E-state index is 0.212. The van der Waals surface area contributed by atoms with Gasteiger partial charge in [-0.2, -0.15) is 4.31 Å². The molecule has 2 fully saturated rings. The lowest BCUT2D eigenvalue weighted by Crippen LogP contribution is -2.46. The summed E-state index contributed by atoms with van der Waals surface area (Å²) in [5, 5.41) is 9.12. The number of carboxylic acid groups (broad SMARTS) is 1. The fraction of sp³-hybridized carbons (Fsp3) is 0.500. The quantitative estimate of drug-likeness (QED) is 0.914. The second-order valence-electron chi connectivity index (χ2n) is 5.52. The number of sulfonamides is 1. The average molecular weight is 327 g/mol. The molecule has 114 valence electrons. The van der Waals surface area contributed by atoms with Crippen LogP contribution in [0, 0.1) is 12.8 Å². The Morgan fingerprint density at radius 3 is 2.57 bits per heavy atom. The molecule has 1 N–H and O–H groups in total. The van der Waals surface area contributed by atoms with E-state index in [2.05, 4.69) is 0 Å². The number of hydrogen-bond donors (Lipinski definition) is 1. The number of aryl methyl sites for hydroxylation is 1. The molecule has 1 saturated heterocycles. The molecule has 7 heteroatoms. The van der Waals surface area contributed by atoms with Gasteiger partial charge in [-0.25, -0.2) is 8.42 Å². The van der Waals surface area contributed by atoms with Crippen molar-refractivity contribution in [1.29, 1.82) is 0 Å². The van der Waals surface area contributed by atoms with Gasteiger partial charge < -0.3 is 5.11 Å². The van der Waals surface area contributed by atoms with Gasteiger partial charge in [-0.15, -0.1) is 11.8 Å². The predicted molar refractivity (Wildman–Crippen MR) is 80.6 cm³/mol. The van der Waals surface area contributed by atoms with Crippen molar-refractivity contribution in [3.05, 3.63) is 29.8 Å². The summed E-state index contributed by atoms with van der Waals surface area (Å²) in [6, 6.07) is 5.77. The van der Waals surface area contributed by atoms with Crippen molar-refractivity contribution in [3.63, 3.8) is 0 Å². The third kappa shape index (κ3) is 2.58. The van der Waals surface area contributed by atoms with Crippen LogP contribution in [0.2, 0.25) is 0 Å². The molecule has 2 unspecified atom stereocenters. The van der Waals surface area contributed by atoms with E-state index in [-0.39, 0.29) is 16.2 Å². The number of carbonyl (C=O) groups is 1. The van der Waals surface area contributed by atoms with Gasteiger partial charge in [0, 0.05) is 5.75 Å². The van der Waals surface area contributed by atoms with Gasteiger partial charge in [-0.1, -0.05) is 18.2 Å². The van der Waals surface area contributed by atoms with Crippen LogP contribution < -0.4 is 0 Å². The van der Waals surface area contributed by atoms with Crippen LogP contribution in [0.3, 0.4) is 0 Å². The summed E-state index contributed by atoms with van der Waals surface area (Å²) in [5.74, 6) is -0.456. The fourth-order valence-electron chi connectivity index (χ4n) is 2.68. The Kier molecular flexibility index (Phi) is 3.75. The maximum absolute atomic E-state index is 13.0. The van der Waals surface area contributed by atoms with E-state index >= 15 is 0 Å². The Balaban J connectivity index is 2.05. The van der Waals surface area contributed by atoms with Gasteiger partial charge in [-0.05, 0) is 37.3 Å². The highest BCUT2D eigenvalue weighted by molar-refractivity contribution is 8.01. The monoisotopic (exact) mass is 327 g/mol. The van der Waals surface area contributed by atoms with Crippen LogP contribution >= 0.6 is 11.8 Å². The van der Waals surface area contributed by atoms with Crippen molar-refractivity contribution < 1.29 is 18.3 Å². The third-order valence-electron chi connectivity index (χ3n) is 3.94. The van der Waals surface area contributed by atoms with Crippen LogP contribution in [-0.2, 0) is 14.8 Å². The van der Waals surface area contributed by atoms with Gasteiger partial charge in [0.15, 0.2) is 0 Å². The highest BCUT2D eigenvalue weighted by Crippen LogP contribution is 2.47. The van der Waals surface area contributed by atoms with E-state index < -0.39 is 22.0 Å². The van der Waals surface area contributed by atoms with Gasteiger partial charge in [0.2, 0.25) is 10.0 Å². The first-order chi connectivity index (χ1) is 9.93. The number of thioether (sulfide) groups is 1. The predicted octanol–water partition coefficient (Wildman–Crippen LogP) is 1.92. The molecule has 1 saturated carbocycles. The summed E-state index contributed by atoms with van der Waals surface area (Å²) in [6.07, 6.45) is 1.95. The smallest absolute Gasteiger partial charge is 0.322 e. The molecule has 0 aromatic heterocycles. The maximum Gasteiger partial charge on any atom is 0.322 e. The van der Waals surface area contributed by atoms with Crippen molar-refractivity contribution >= 4 is 27.8 Å². The van der Waals surface area contributed by atoms with Crippen molar-refractivity contribution in [2.45, 2.75) is 36.1 Å². The summed E-state index contributed by atoms with van der Waals surface area (Å²) in [5.41, 5.74) is 0.646. The Hall–Kier alpha value is -1.05. The summed E-state index contributed by atoms with van der Waals surface area (Å²) in [4.78, 5) is 11.7. The number of benzene rings is 1. The molecule has 1 heterocycles. The highest BCUT2D eigenvalue weighted by atomic mass is 32.2. The summed E-state index contributed by atoms with van der Waals surface area (Å²) in [6.45, 7) is 1.73. The Labute approximate surface area is 128 Å². The molecule has 5 nitrogen and oxygen atoms in total. The first-order valence-corrected chi connectivity index (χ1v) is 9.35. The summed E-state index contributed by atoms with van der Waals surface area (Å²) in [7, 11) is -3.79. The van der Waals surface area contributed by atoms with Crippen LogP contribution in [-0.4, -0.2) is 41.0 Å². The Morgan fingerprint density at radius 1 is 1.33 bits per heavy atom. The Morgan fingerprint density at radius 2 is 2.00 bits per heavy atom. The zero-order valence-corrected chi connectivity index (χ0v) is 13.2. The van der Waals surface area contributed by atoms with E-state index in [1.54, 1.807) is 31.2 Å². The molecule has 3 rings (SSSR count). The van der Waals surface area contributed by atoms with Gasteiger partial charge in [0.05, 0.1) is 10.3 Å². The fourth-order valence-corrected chi connectivity index (χ4v) is 6.72. The summed E-state index contributed by atoms with van der Waals surface area (Å²) < 4.78 is 27.2. The largest absolute Gasteiger partial charge is 0.480 e. The molecule has 0 bridgehead atoms. The van der Waals surface area contributed by atoms with Gasteiger partial charge >= 0.3 is 5.97 Å². The molecule has 2 atom stereocenters. The Bertz CT molecular complexity index is 669. The van der Waals surface area contributed by atoms with E-state index in [1.165, 1.54) is 16.1 Å². The van der Waals surface area contributed by atoms with Crippen molar-refractivity contribution in [2.75, 3.05) is 5.75 Å². The van der Waals surface area contributed by atoms with Crippen LogP contribution in [0.15, 0.2) is 29.2 Å². The molecular weight excluding hydrogens is 310 g/mol. The van der Waals surface area contributed by atoms with Gasteiger partial charge in [-0.3, -0.25) is 4.79 Å². The SMILES string of the molecule is Cc1ccccc1S(=O)(=O)N1C(C(=O)O)CSC1C1CC1. The zero-order chi connectivity index (χ0) is 15.2. The minimum atomic E-state index is -3.79. The van der Waals surface area contributed by atoms with Crippen LogP contribution in [0.4, 0.5) is 0 Å². The highest BCUT2D eigenvalue weighted by Gasteiger charge is 2.51. The van der Waals surface area contributed by atoms with Crippen LogP contribution in [0.5, 0.6) is 0 Å². The standard InChI is InChI=1S/C14H17NO4S2/c1-9-4-2-3-5-12(9)21(18,19)15-11(14(16)17)8-20-13(15)10-6-7-10/h2-5,10-11,13H,6-8H2,1H3,(H,16,17). The topological polar surface area (TPSA) is 74.7 Å². The van der Waals surface area contributed by atoms with E-state index in [4.69, 9.17) is 0 Å². The zero-order valence-electron chi connectivity index (χ0n) is 11.6. The molecule has 1 aliphatic carbocycles. The maximum atomic E-state index is 13.0. The molecule has 1 aromatic rings. The number of nitrogens with zero attached hydrogens (tertiary/aromatic N) is 1. The van der Waals surface area contributed by atoms with E-state index in [9.17, 15) is 18.3 Å².